The molecule has 0 aliphatic carbocycles. The number of rotatable bonds is 3. The highest BCUT2D eigenvalue weighted by atomic mass is 16.6. The molecule has 2 fully saturated rings. The average Bonchev–Trinajstić information content (AvgIpc) is 3.36. The molecule has 0 bridgehead atoms. The lowest BCUT2D eigenvalue weighted by Crippen LogP contribution is -2.61. The Labute approximate surface area is 193 Å². The standard InChI is InChI=1S/C23H35NO9/c1-6-13(4)23(30)18(25)19(26)32-14(5)22(29,12(2)3)20(27)31-11-15-7-9-24-10-8-16(17(15)24)33-21(23)28/h7,12-14,16-18,25,29-30H,6,8-11H2,1-5H3/t13-,14+,16+,17+,18-,22-,23+/m0/s1. The Morgan fingerprint density at radius 1 is 1.12 bits per heavy atom. The first-order valence-corrected chi connectivity index (χ1v) is 11.5. The van der Waals surface area contributed by atoms with Crippen LogP contribution in [0.25, 0.3) is 0 Å². The first-order chi connectivity index (χ1) is 15.4. The van der Waals surface area contributed by atoms with Crippen molar-refractivity contribution in [3.63, 3.8) is 0 Å². The van der Waals surface area contributed by atoms with Crippen LogP contribution < -0.4 is 0 Å². The van der Waals surface area contributed by atoms with Gasteiger partial charge in [-0.15, -0.1) is 0 Å². The minimum Gasteiger partial charge on any atom is -0.459 e. The van der Waals surface area contributed by atoms with E-state index in [0.29, 0.717) is 19.5 Å². The second kappa shape index (κ2) is 9.32. The largest absolute Gasteiger partial charge is 0.459 e. The molecule has 2 saturated heterocycles. The van der Waals surface area contributed by atoms with Gasteiger partial charge in [-0.25, -0.2) is 14.4 Å². The zero-order chi connectivity index (χ0) is 24.7. The highest BCUT2D eigenvalue weighted by Crippen LogP contribution is 2.36. The highest BCUT2D eigenvalue weighted by Gasteiger charge is 2.57. The molecule has 3 N–H and O–H groups in total. The third kappa shape index (κ3) is 4.18. The summed E-state index contributed by atoms with van der Waals surface area (Å²) in [6, 6.07) is -0.362. The predicted octanol–water partition coefficient (Wildman–Crippen LogP) is -0.0738. The highest BCUT2D eigenvalue weighted by molar-refractivity contribution is 5.90. The number of cyclic esters (lactones) is 2. The van der Waals surface area contributed by atoms with Crippen molar-refractivity contribution in [3.8, 4) is 0 Å². The number of carbonyl (C=O) groups excluding carboxylic acids is 3. The van der Waals surface area contributed by atoms with Crippen LogP contribution in [0, 0.1) is 11.8 Å². The van der Waals surface area contributed by atoms with Crippen LogP contribution in [0.5, 0.6) is 0 Å². The quantitative estimate of drug-likeness (QED) is 0.292. The summed E-state index contributed by atoms with van der Waals surface area (Å²) >= 11 is 0. The van der Waals surface area contributed by atoms with Crippen molar-refractivity contribution < 1.29 is 43.9 Å². The molecule has 7 atom stereocenters. The second-order valence-corrected chi connectivity index (χ2v) is 9.62. The molecular formula is C23H35NO9. The summed E-state index contributed by atoms with van der Waals surface area (Å²) in [7, 11) is 0. The maximum atomic E-state index is 13.2. The van der Waals surface area contributed by atoms with Gasteiger partial charge in [0.15, 0.2) is 6.10 Å². The van der Waals surface area contributed by atoms with E-state index in [2.05, 4.69) is 4.90 Å². The first-order valence-electron chi connectivity index (χ1n) is 11.5. The van der Waals surface area contributed by atoms with Crippen molar-refractivity contribution >= 4 is 17.9 Å². The molecule has 0 saturated carbocycles. The van der Waals surface area contributed by atoms with Crippen LogP contribution in [-0.2, 0) is 28.6 Å². The monoisotopic (exact) mass is 469 g/mol. The third-order valence-corrected chi connectivity index (χ3v) is 7.49. The normalized spacial score (nSPS) is 39.3. The molecule has 0 radical (unpaired) electrons. The van der Waals surface area contributed by atoms with Gasteiger partial charge in [0.25, 0.3) is 0 Å². The van der Waals surface area contributed by atoms with E-state index in [4.69, 9.17) is 14.2 Å². The first kappa shape index (κ1) is 25.6. The van der Waals surface area contributed by atoms with Gasteiger partial charge in [-0.2, -0.15) is 0 Å². The van der Waals surface area contributed by atoms with Crippen molar-refractivity contribution in [2.24, 2.45) is 11.8 Å². The van der Waals surface area contributed by atoms with Crippen LogP contribution in [0.1, 0.15) is 47.5 Å². The number of hydrogen-bond donors (Lipinski definition) is 3. The maximum Gasteiger partial charge on any atom is 0.342 e. The Morgan fingerprint density at radius 3 is 2.39 bits per heavy atom. The lowest BCUT2D eigenvalue weighted by Gasteiger charge is -2.39. The van der Waals surface area contributed by atoms with Crippen molar-refractivity contribution in [2.45, 2.75) is 83.0 Å². The van der Waals surface area contributed by atoms with E-state index in [0.717, 1.165) is 5.57 Å². The summed E-state index contributed by atoms with van der Waals surface area (Å²) in [4.78, 5) is 41.0. The molecule has 10 nitrogen and oxygen atoms in total. The lowest BCUT2D eigenvalue weighted by molar-refractivity contribution is -0.214. The molecule has 0 aromatic rings. The molecule has 0 aromatic heterocycles. The van der Waals surface area contributed by atoms with Crippen LogP contribution in [0.3, 0.4) is 0 Å². The molecule has 10 heteroatoms. The van der Waals surface area contributed by atoms with Gasteiger partial charge >= 0.3 is 17.9 Å². The van der Waals surface area contributed by atoms with Gasteiger partial charge in [-0.1, -0.05) is 40.2 Å². The number of aliphatic hydroxyl groups excluding tert-OH is 1. The minimum atomic E-state index is -2.57. The molecular weight excluding hydrogens is 434 g/mol. The van der Waals surface area contributed by atoms with Crippen molar-refractivity contribution in [3.05, 3.63) is 11.6 Å². The van der Waals surface area contributed by atoms with Crippen LogP contribution in [0.15, 0.2) is 11.6 Å². The van der Waals surface area contributed by atoms with Gasteiger partial charge in [0, 0.05) is 13.1 Å². The topological polar surface area (TPSA) is 143 Å². The lowest BCUT2D eigenvalue weighted by atomic mass is 9.81. The molecule has 186 valence electrons. The van der Waals surface area contributed by atoms with Crippen LogP contribution >= 0.6 is 0 Å². The van der Waals surface area contributed by atoms with E-state index in [-0.39, 0.29) is 19.1 Å². The van der Waals surface area contributed by atoms with Gasteiger partial charge in [0.1, 0.15) is 18.8 Å². The van der Waals surface area contributed by atoms with E-state index in [1.54, 1.807) is 20.8 Å². The Hall–Kier alpha value is -2.01. The van der Waals surface area contributed by atoms with E-state index in [1.807, 2.05) is 6.08 Å². The van der Waals surface area contributed by atoms with Gasteiger partial charge in [0.2, 0.25) is 11.2 Å². The fraction of sp³-hybridized carbons (Fsp3) is 0.783. The number of carbonyl (C=O) groups is 3. The fourth-order valence-corrected chi connectivity index (χ4v) is 4.90. The third-order valence-electron chi connectivity index (χ3n) is 7.49. The summed E-state index contributed by atoms with van der Waals surface area (Å²) < 4.78 is 16.3. The van der Waals surface area contributed by atoms with Crippen LogP contribution in [0.4, 0.5) is 0 Å². The maximum absolute atomic E-state index is 13.2. The second-order valence-electron chi connectivity index (χ2n) is 9.62. The summed E-state index contributed by atoms with van der Waals surface area (Å²) in [6.45, 7) is 8.73. The van der Waals surface area contributed by atoms with E-state index in [9.17, 15) is 29.7 Å². The van der Waals surface area contributed by atoms with E-state index >= 15 is 0 Å². The molecule has 33 heavy (non-hydrogen) atoms. The molecule has 3 heterocycles. The Kier molecular flexibility index (Phi) is 7.24. The molecule has 3 rings (SSSR count). The molecule has 3 aliphatic rings. The fourth-order valence-electron chi connectivity index (χ4n) is 4.90. The van der Waals surface area contributed by atoms with E-state index in [1.165, 1.54) is 13.8 Å². The number of aliphatic hydroxyl groups is 3. The SMILES string of the molecule is CC[C@H](C)[C@]1(O)C(=O)O[C@@H]2CCN3CC=C(COC(=O)[C@](O)(C(C)C)[C@@H](C)OC(=O)[C@@H]1O)[C@H]23. The molecule has 0 spiro atoms. The van der Waals surface area contributed by atoms with Crippen LogP contribution in [0.2, 0.25) is 0 Å². The van der Waals surface area contributed by atoms with E-state index < -0.39 is 59.3 Å². The van der Waals surface area contributed by atoms with Gasteiger partial charge in [0.05, 0.1) is 6.04 Å². The average molecular weight is 470 g/mol. The number of hydrogen-bond acceptors (Lipinski definition) is 10. The zero-order valence-electron chi connectivity index (χ0n) is 19.8. The predicted molar refractivity (Wildman–Crippen MR) is 115 cm³/mol. The Bertz CT molecular complexity index is 827. The molecule has 0 amide bonds. The number of ether oxygens (including phenoxy) is 3. The van der Waals surface area contributed by atoms with Gasteiger partial charge in [-0.05, 0) is 30.8 Å². The summed E-state index contributed by atoms with van der Waals surface area (Å²) in [6.07, 6.45) is -1.74. The number of nitrogens with zero attached hydrogens (tertiary/aromatic N) is 1. The van der Waals surface area contributed by atoms with Gasteiger partial charge in [-0.3, -0.25) is 4.90 Å². The number of esters is 3. The smallest absolute Gasteiger partial charge is 0.342 e. The summed E-state index contributed by atoms with van der Waals surface area (Å²) in [5.41, 5.74) is -4.05. The van der Waals surface area contributed by atoms with Crippen molar-refractivity contribution in [1.29, 1.82) is 0 Å². The molecule has 0 aromatic carbocycles. The summed E-state index contributed by atoms with van der Waals surface area (Å²) in [5.74, 6) is -4.97. The van der Waals surface area contributed by atoms with Gasteiger partial charge < -0.3 is 29.5 Å². The Morgan fingerprint density at radius 2 is 1.79 bits per heavy atom. The van der Waals surface area contributed by atoms with Crippen LogP contribution in [-0.4, -0.2) is 93.4 Å². The molecule has 0 unspecified atom stereocenters. The van der Waals surface area contributed by atoms with Crippen molar-refractivity contribution in [2.75, 3.05) is 19.7 Å². The molecule has 3 aliphatic heterocycles. The Balaban J connectivity index is 2.05. The zero-order valence-corrected chi connectivity index (χ0v) is 19.8. The minimum absolute atomic E-state index is 0.123. The van der Waals surface area contributed by atoms with Crippen molar-refractivity contribution in [1.82, 2.24) is 4.90 Å². The summed E-state index contributed by atoms with van der Waals surface area (Å²) in [5, 5.41) is 33.3.